The molecule has 2 atom stereocenters. The van der Waals surface area contributed by atoms with Crippen molar-refractivity contribution in [1.29, 1.82) is 0 Å². The first-order valence-corrected chi connectivity index (χ1v) is 9.71. The molecule has 5 nitrogen and oxygen atoms in total. The number of hydrogen-bond acceptors (Lipinski definition) is 4. The zero-order valence-corrected chi connectivity index (χ0v) is 16.0. The fourth-order valence-corrected chi connectivity index (χ4v) is 3.54. The van der Waals surface area contributed by atoms with Crippen LogP contribution in [0.1, 0.15) is 30.8 Å². The zero-order valence-electron chi connectivity index (χ0n) is 16.0. The van der Waals surface area contributed by atoms with Crippen LogP contribution in [-0.2, 0) is 4.79 Å². The molecule has 1 saturated carbocycles. The Morgan fingerprint density at radius 3 is 2.48 bits per heavy atom. The number of nitrogens with one attached hydrogen (secondary N) is 1. The highest BCUT2D eigenvalue weighted by Crippen LogP contribution is 2.47. The lowest BCUT2D eigenvalue weighted by atomic mass is 10.2. The van der Waals surface area contributed by atoms with Crippen LogP contribution >= 0.6 is 0 Å². The maximum atomic E-state index is 12.2. The molecule has 1 saturated heterocycles. The van der Waals surface area contributed by atoms with Gasteiger partial charge in [0.15, 0.2) is 0 Å². The summed E-state index contributed by atoms with van der Waals surface area (Å²) in [6.45, 7) is 6.46. The predicted molar refractivity (Wildman–Crippen MR) is 109 cm³/mol. The summed E-state index contributed by atoms with van der Waals surface area (Å²) in [6.07, 6.45) is 4.44. The van der Waals surface area contributed by atoms with Crippen LogP contribution in [0.5, 0.6) is 0 Å². The van der Waals surface area contributed by atoms with Crippen LogP contribution in [0, 0.1) is 5.92 Å². The Morgan fingerprint density at radius 1 is 1.11 bits per heavy atom. The number of rotatable bonds is 5. The lowest BCUT2D eigenvalue weighted by molar-refractivity contribution is -0.111. The Bertz CT molecular complexity index is 816. The zero-order chi connectivity index (χ0) is 18.8. The lowest BCUT2D eigenvalue weighted by Crippen LogP contribution is -2.44. The molecule has 2 heterocycles. The molecular formula is C22H27N3O2. The summed E-state index contributed by atoms with van der Waals surface area (Å²) in [7, 11) is 2.15. The van der Waals surface area contributed by atoms with Crippen LogP contribution in [0.15, 0.2) is 46.9 Å². The molecular weight excluding hydrogens is 338 g/mol. The highest BCUT2D eigenvalue weighted by Gasteiger charge is 2.36. The summed E-state index contributed by atoms with van der Waals surface area (Å²) in [4.78, 5) is 16.9. The molecule has 2 fully saturated rings. The summed E-state index contributed by atoms with van der Waals surface area (Å²) >= 11 is 0. The number of anilines is 2. The van der Waals surface area contributed by atoms with E-state index in [-0.39, 0.29) is 5.91 Å². The summed E-state index contributed by atoms with van der Waals surface area (Å²) in [5, 5.41) is 2.90. The van der Waals surface area contributed by atoms with Gasteiger partial charge < -0.3 is 19.5 Å². The summed E-state index contributed by atoms with van der Waals surface area (Å²) in [5.74, 6) is 2.87. The normalized spacial score (nSPS) is 23.0. The number of carbonyl (C=O) groups is 1. The van der Waals surface area contributed by atoms with E-state index in [1.165, 1.54) is 18.2 Å². The maximum Gasteiger partial charge on any atom is 0.248 e. The van der Waals surface area contributed by atoms with Crippen molar-refractivity contribution < 1.29 is 9.21 Å². The molecule has 4 rings (SSSR count). The van der Waals surface area contributed by atoms with E-state index in [2.05, 4.69) is 41.2 Å². The average Bonchev–Trinajstić information content (AvgIpc) is 3.22. The van der Waals surface area contributed by atoms with E-state index in [0.717, 1.165) is 43.4 Å². The third-order valence-electron chi connectivity index (χ3n) is 5.52. The van der Waals surface area contributed by atoms with Crippen molar-refractivity contribution in [3.63, 3.8) is 0 Å². The van der Waals surface area contributed by atoms with E-state index in [0.29, 0.717) is 11.8 Å². The molecule has 27 heavy (non-hydrogen) atoms. The van der Waals surface area contributed by atoms with Crippen LogP contribution < -0.4 is 10.2 Å². The van der Waals surface area contributed by atoms with E-state index in [1.54, 1.807) is 6.08 Å². The van der Waals surface area contributed by atoms with Crippen molar-refractivity contribution in [2.45, 2.75) is 19.3 Å². The molecule has 2 aliphatic rings. The molecule has 0 spiro atoms. The number of likely N-dealkylation sites (N-methyl/N-ethyl adjacent to an activating group) is 1. The van der Waals surface area contributed by atoms with Gasteiger partial charge in [-0.3, -0.25) is 4.79 Å². The van der Waals surface area contributed by atoms with E-state index in [1.807, 2.05) is 24.3 Å². The van der Waals surface area contributed by atoms with Crippen LogP contribution in [0.2, 0.25) is 0 Å². The first-order valence-electron chi connectivity index (χ1n) is 9.71. The molecule has 1 aliphatic heterocycles. The van der Waals surface area contributed by atoms with Crippen LogP contribution in [0.4, 0.5) is 11.4 Å². The highest BCUT2D eigenvalue weighted by molar-refractivity contribution is 6.01. The maximum absolute atomic E-state index is 12.2. The summed E-state index contributed by atoms with van der Waals surface area (Å²) in [6, 6.07) is 12.0. The van der Waals surface area contributed by atoms with Gasteiger partial charge in [-0.2, -0.15) is 0 Å². The van der Waals surface area contributed by atoms with Gasteiger partial charge in [-0.1, -0.05) is 6.92 Å². The van der Waals surface area contributed by atoms with Crippen LogP contribution in [0.25, 0.3) is 6.08 Å². The number of amides is 1. The van der Waals surface area contributed by atoms with Crippen molar-refractivity contribution >= 4 is 23.4 Å². The fourth-order valence-electron chi connectivity index (χ4n) is 3.54. The van der Waals surface area contributed by atoms with Gasteiger partial charge in [-0.15, -0.1) is 0 Å². The minimum absolute atomic E-state index is 0.153. The van der Waals surface area contributed by atoms with Gasteiger partial charge in [-0.25, -0.2) is 0 Å². The first-order chi connectivity index (χ1) is 13.1. The van der Waals surface area contributed by atoms with Gasteiger partial charge >= 0.3 is 0 Å². The van der Waals surface area contributed by atoms with Gasteiger partial charge in [0.1, 0.15) is 11.5 Å². The second kappa shape index (κ2) is 7.61. The van der Waals surface area contributed by atoms with Crippen molar-refractivity contribution in [3.8, 4) is 0 Å². The highest BCUT2D eigenvalue weighted by atomic mass is 16.3. The SMILES string of the molecule is CC1CC1c1ccc(C=CC(=O)Nc2ccc(N3CCN(C)CC3)cc2)o1. The molecule has 1 N–H and O–H groups in total. The summed E-state index contributed by atoms with van der Waals surface area (Å²) < 4.78 is 5.79. The number of hydrogen-bond donors (Lipinski definition) is 1. The van der Waals surface area contributed by atoms with E-state index < -0.39 is 0 Å². The standard InChI is InChI=1S/C22H27N3O2/c1-16-15-20(16)21-9-7-19(27-21)8-10-22(26)23-17-3-5-18(6-4-17)25-13-11-24(2)12-14-25/h3-10,16,20H,11-15H2,1-2H3,(H,23,26). The second-order valence-electron chi connectivity index (χ2n) is 7.72. The number of furan rings is 1. The summed E-state index contributed by atoms with van der Waals surface area (Å²) in [5.41, 5.74) is 2.00. The van der Waals surface area contributed by atoms with Crippen LogP contribution in [-0.4, -0.2) is 44.0 Å². The minimum atomic E-state index is -0.153. The van der Waals surface area contributed by atoms with E-state index >= 15 is 0 Å². The number of nitrogens with zero attached hydrogens (tertiary/aromatic N) is 2. The minimum Gasteiger partial charge on any atom is -0.461 e. The molecule has 2 unspecified atom stereocenters. The Balaban J connectivity index is 1.30. The Hall–Kier alpha value is -2.53. The molecule has 142 valence electrons. The lowest BCUT2D eigenvalue weighted by Gasteiger charge is -2.34. The molecule has 0 radical (unpaired) electrons. The monoisotopic (exact) mass is 365 g/mol. The Labute approximate surface area is 160 Å². The Kier molecular flexibility index (Phi) is 5.03. The van der Waals surface area contributed by atoms with Gasteiger partial charge in [0, 0.05) is 49.5 Å². The smallest absolute Gasteiger partial charge is 0.248 e. The van der Waals surface area contributed by atoms with Gasteiger partial charge in [-0.05, 0) is 61.9 Å². The third-order valence-corrected chi connectivity index (χ3v) is 5.52. The average molecular weight is 365 g/mol. The Morgan fingerprint density at radius 2 is 1.81 bits per heavy atom. The van der Waals surface area contributed by atoms with E-state index in [9.17, 15) is 4.79 Å². The van der Waals surface area contributed by atoms with Gasteiger partial charge in [0.25, 0.3) is 0 Å². The molecule has 5 heteroatoms. The quantitative estimate of drug-likeness (QED) is 0.819. The van der Waals surface area contributed by atoms with Gasteiger partial charge in [0.2, 0.25) is 5.91 Å². The second-order valence-corrected chi connectivity index (χ2v) is 7.72. The fraction of sp³-hybridized carbons (Fsp3) is 0.409. The van der Waals surface area contributed by atoms with Crippen molar-refractivity contribution in [1.82, 2.24) is 4.90 Å². The van der Waals surface area contributed by atoms with Crippen molar-refractivity contribution in [3.05, 3.63) is 54.0 Å². The molecule has 1 aliphatic carbocycles. The van der Waals surface area contributed by atoms with Crippen LogP contribution in [0.3, 0.4) is 0 Å². The first kappa shape index (κ1) is 17.9. The van der Waals surface area contributed by atoms with E-state index in [4.69, 9.17) is 4.42 Å². The molecule has 1 aromatic carbocycles. The molecule has 1 amide bonds. The van der Waals surface area contributed by atoms with Gasteiger partial charge in [0.05, 0.1) is 0 Å². The number of benzene rings is 1. The molecule has 2 aromatic rings. The predicted octanol–water partition coefficient (Wildman–Crippen LogP) is 3.81. The molecule has 0 bridgehead atoms. The van der Waals surface area contributed by atoms with Crippen molar-refractivity contribution in [2.75, 3.05) is 43.4 Å². The molecule has 1 aromatic heterocycles. The largest absolute Gasteiger partial charge is 0.461 e. The third kappa shape index (κ3) is 4.42. The number of piperazine rings is 1. The topological polar surface area (TPSA) is 48.7 Å². The number of carbonyl (C=O) groups excluding carboxylic acids is 1. The van der Waals surface area contributed by atoms with Crippen molar-refractivity contribution in [2.24, 2.45) is 5.92 Å².